The van der Waals surface area contributed by atoms with Gasteiger partial charge in [-0.05, 0) is 19.8 Å². The molecule has 136 valence electrons. The third kappa shape index (κ3) is 4.96. The van der Waals surface area contributed by atoms with Gasteiger partial charge in [-0.25, -0.2) is 4.79 Å². The summed E-state index contributed by atoms with van der Waals surface area (Å²) in [6.45, 7) is 1.62. The van der Waals surface area contributed by atoms with E-state index in [1.165, 1.54) is 0 Å². The van der Waals surface area contributed by atoms with Gasteiger partial charge in [-0.3, -0.25) is 4.79 Å². The number of phenolic OH excluding ortho intramolecular Hbond substituents is 2. The first-order valence-corrected chi connectivity index (χ1v) is 8.48. The van der Waals surface area contributed by atoms with Crippen molar-refractivity contribution in [3.63, 3.8) is 0 Å². The molecule has 0 unspecified atom stereocenters. The van der Waals surface area contributed by atoms with Crippen molar-refractivity contribution < 1.29 is 29.6 Å². The van der Waals surface area contributed by atoms with Gasteiger partial charge in [0.15, 0.2) is 0 Å². The number of carbonyl (C=O) groups is 2. The van der Waals surface area contributed by atoms with Crippen molar-refractivity contribution in [3.8, 4) is 11.5 Å². The van der Waals surface area contributed by atoms with Crippen LogP contribution in [0.25, 0.3) is 0 Å². The van der Waals surface area contributed by atoms with Gasteiger partial charge in [0, 0.05) is 30.9 Å². The number of ketones is 1. The molecule has 2 atom stereocenters. The molecule has 1 aromatic rings. The van der Waals surface area contributed by atoms with E-state index in [1.807, 2.05) is 0 Å². The maximum atomic E-state index is 12.4. The summed E-state index contributed by atoms with van der Waals surface area (Å²) >= 11 is 6.05. The number of halogens is 1. The summed E-state index contributed by atoms with van der Waals surface area (Å²) in [5.41, 5.74) is -0.181. The van der Waals surface area contributed by atoms with Crippen molar-refractivity contribution in [3.05, 3.63) is 34.4 Å². The quantitative estimate of drug-likeness (QED) is 0.480. The predicted molar refractivity (Wildman–Crippen MR) is 92.0 cm³/mol. The fourth-order valence-electron chi connectivity index (χ4n) is 2.74. The first-order valence-electron chi connectivity index (χ1n) is 8.10. The summed E-state index contributed by atoms with van der Waals surface area (Å²) in [5, 5.41) is 29.6. The van der Waals surface area contributed by atoms with Crippen molar-refractivity contribution in [2.75, 3.05) is 0 Å². The first kappa shape index (κ1) is 19.3. The molecule has 25 heavy (non-hydrogen) atoms. The molecule has 0 aromatic heterocycles. The minimum absolute atomic E-state index is 0.0505. The molecule has 1 aliphatic rings. The topological polar surface area (TPSA) is 104 Å². The van der Waals surface area contributed by atoms with Crippen LogP contribution in [0.4, 0.5) is 0 Å². The predicted octanol–water partition coefficient (Wildman–Crippen LogP) is 2.90. The summed E-state index contributed by atoms with van der Waals surface area (Å²) in [7, 11) is 0. The molecule has 1 aromatic carbocycles. The average molecular weight is 369 g/mol. The molecule has 0 fully saturated rings. The standard InChI is InChI=1S/C18H21ClO6/c1-10-7-11(20)5-3-2-4-6-12(21)8-13-16(18(24)25-10)14(22)9-15(23)17(13)19/h3,5,9-11,20,22-23H,2,4,6-8H2,1H3/t10-,11+/m1/s1. The van der Waals surface area contributed by atoms with Gasteiger partial charge in [0.25, 0.3) is 0 Å². The lowest BCUT2D eigenvalue weighted by Gasteiger charge is -2.18. The number of ether oxygens (including phenoxy) is 1. The average Bonchev–Trinajstić information content (AvgIpc) is 2.50. The Labute approximate surface area is 150 Å². The minimum Gasteiger partial charge on any atom is -0.507 e. The van der Waals surface area contributed by atoms with Crippen LogP contribution >= 0.6 is 11.6 Å². The molecule has 2 rings (SSSR count). The highest BCUT2D eigenvalue weighted by Crippen LogP contribution is 2.37. The number of phenols is 2. The number of aliphatic hydroxyl groups is 1. The number of aromatic hydroxyl groups is 2. The molecule has 1 aliphatic heterocycles. The molecule has 0 amide bonds. The highest BCUT2D eigenvalue weighted by Gasteiger charge is 2.26. The summed E-state index contributed by atoms with van der Waals surface area (Å²) in [5.74, 6) is -1.96. The molecule has 0 spiro atoms. The molecule has 0 radical (unpaired) electrons. The van der Waals surface area contributed by atoms with E-state index in [1.54, 1.807) is 19.1 Å². The van der Waals surface area contributed by atoms with Gasteiger partial charge in [0.1, 0.15) is 28.9 Å². The molecule has 3 N–H and O–H groups in total. The van der Waals surface area contributed by atoms with Crippen LogP contribution in [0, 0.1) is 0 Å². The minimum atomic E-state index is -0.858. The Balaban J connectivity index is 2.43. The number of cyclic esters (lactones) is 1. The monoisotopic (exact) mass is 368 g/mol. The molecular weight excluding hydrogens is 348 g/mol. The van der Waals surface area contributed by atoms with Crippen LogP contribution in [-0.4, -0.2) is 39.3 Å². The maximum absolute atomic E-state index is 12.4. The number of benzene rings is 1. The number of fused-ring (bicyclic) bond motifs is 1. The van der Waals surface area contributed by atoms with Gasteiger partial charge in [-0.1, -0.05) is 23.8 Å². The largest absolute Gasteiger partial charge is 0.507 e. The van der Waals surface area contributed by atoms with Gasteiger partial charge in [-0.15, -0.1) is 0 Å². The zero-order valence-corrected chi connectivity index (χ0v) is 14.6. The van der Waals surface area contributed by atoms with Crippen LogP contribution in [0.5, 0.6) is 11.5 Å². The van der Waals surface area contributed by atoms with Gasteiger partial charge in [0.2, 0.25) is 0 Å². The van der Waals surface area contributed by atoms with E-state index in [4.69, 9.17) is 16.3 Å². The Kier molecular flexibility index (Phi) is 6.45. The van der Waals surface area contributed by atoms with Gasteiger partial charge in [-0.2, -0.15) is 0 Å². The SMILES string of the molecule is C[C@@H]1C[C@@H](O)C=CCCCC(=O)Cc2c(Cl)c(O)cc(O)c2C(=O)O1. The Morgan fingerprint density at radius 1 is 1.24 bits per heavy atom. The summed E-state index contributed by atoms with van der Waals surface area (Å²) < 4.78 is 5.26. The Bertz CT molecular complexity index is 697. The van der Waals surface area contributed by atoms with Crippen LogP contribution in [0.3, 0.4) is 0 Å². The zero-order valence-electron chi connectivity index (χ0n) is 13.9. The normalized spacial score (nSPS) is 22.8. The second-order valence-corrected chi connectivity index (χ2v) is 6.52. The lowest BCUT2D eigenvalue weighted by Crippen LogP contribution is -2.22. The smallest absolute Gasteiger partial charge is 0.342 e. The zero-order chi connectivity index (χ0) is 18.6. The summed E-state index contributed by atoms with van der Waals surface area (Å²) in [6.07, 6.45) is 3.47. The van der Waals surface area contributed by atoms with Crippen LogP contribution in [0.1, 0.15) is 48.5 Å². The fourth-order valence-corrected chi connectivity index (χ4v) is 2.96. The van der Waals surface area contributed by atoms with E-state index < -0.39 is 29.7 Å². The van der Waals surface area contributed by atoms with Gasteiger partial charge in [0.05, 0.1) is 11.1 Å². The van der Waals surface area contributed by atoms with Gasteiger partial charge >= 0.3 is 5.97 Å². The molecule has 0 saturated heterocycles. The van der Waals surface area contributed by atoms with E-state index in [9.17, 15) is 24.9 Å². The van der Waals surface area contributed by atoms with Gasteiger partial charge < -0.3 is 20.1 Å². The Morgan fingerprint density at radius 3 is 2.68 bits per heavy atom. The third-order valence-corrected chi connectivity index (χ3v) is 4.39. The Morgan fingerprint density at radius 2 is 1.96 bits per heavy atom. The molecule has 6 nitrogen and oxygen atoms in total. The lowest BCUT2D eigenvalue weighted by molar-refractivity contribution is -0.118. The van der Waals surface area contributed by atoms with Crippen molar-refractivity contribution in [2.45, 2.75) is 51.2 Å². The van der Waals surface area contributed by atoms with E-state index in [0.717, 1.165) is 6.07 Å². The Hall–Kier alpha value is -2.05. The van der Waals surface area contributed by atoms with E-state index in [0.29, 0.717) is 12.8 Å². The molecule has 1 heterocycles. The van der Waals surface area contributed by atoms with Crippen molar-refractivity contribution in [1.29, 1.82) is 0 Å². The third-order valence-electron chi connectivity index (χ3n) is 3.97. The van der Waals surface area contributed by atoms with E-state index in [-0.39, 0.29) is 41.2 Å². The second-order valence-electron chi connectivity index (χ2n) is 6.14. The number of esters is 1. The number of hydrogen-bond acceptors (Lipinski definition) is 6. The summed E-state index contributed by atoms with van der Waals surface area (Å²) in [6, 6.07) is 0.943. The number of Topliss-reactive ketones (excluding diaryl/α,β-unsaturated/α-hetero) is 1. The summed E-state index contributed by atoms with van der Waals surface area (Å²) in [4.78, 5) is 24.6. The molecule has 0 aliphatic carbocycles. The maximum Gasteiger partial charge on any atom is 0.342 e. The first-order chi connectivity index (χ1) is 11.8. The molecule has 0 bridgehead atoms. The van der Waals surface area contributed by atoms with Crippen LogP contribution in [0.2, 0.25) is 5.02 Å². The van der Waals surface area contributed by atoms with Crippen molar-refractivity contribution in [1.82, 2.24) is 0 Å². The number of allylic oxidation sites excluding steroid dienone is 1. The van der Waals surface area contributed by atoms with Crippen molar-refractivity contribution in [2.24, 2.45) is 0 Å². The highest BCUT2D eigenvalue weighted by molar-refractivity contribution is 6.33. The van der Waals surface area contributed by atoms with Crippen molar-refractivity contribution >= 4 is 23.4 Å². The van der Waals surface area contributed by atoms with Crippen LogP contribution in [-0.2, 0) is 16.0 Å². The lowest BCUT2D eigenvalue weighted by atomic mass is 9.98. The molecular formula is C18H21ClO6. The molecule has 0 saturated carbocycles. The number of carbonyl (C=O) groups excluding carboxylic acids is 2. The number of aliphatic hydroxyl groups excluding tert-OH is 1. The van der Waals surface area contributed by atoms with Crippen LogP contribution in [0.15, 0.2) is 18.2 Å². The highest BCUT2D eigenvalue weighted by atomic mass is 35.5. The number of rotatable bonds is 0. The number of hydrogen-bond donors (Lipinski definition) is 3. The van der Waals surface area contributed by atoms with E-state index in [2.05, 4.69) is 0 Å². The fraction of sp³-hybridized carbons (Fsp3) is 0.444. The molecule has 7 heteroatoms. The van der Waals surface area contributed by atoms with Crippen LogP contribution < -0.4 is 0 Å². The van der Waals surface area contributed by atoms with E-state index >= 15 is 0 Å². The second kappa shape index (κ2) is 8.36.